The van der Waals surface area contributed by atoms with E-state index in [-0.39, 0.29) is 29.7 Å². The van der Waals surface area contributed by atoms with Gasteiger partial charge in [0.2, 0.25) is 5.91 Å². The summed E-state index contributed by atoms with van der Waals surface area (Å²) in [5, 5.41) is 6.75. The molecular formula is C25H31N3O5S. The summed E-state index contributed by atoms with van der Waals surface area (Å²) < 4.78 is 10.7. The van der Waals surface area contributed by atoms with Gasteiger partial charge in [0, 0.05) is 31.1 Å². The molecule has 4 heterocycles. The Bertz CT molecular complexity index is 1040. The van der Waals surface area contributed by atoms with Gasteiger partial charge in [-0.15, -0.1) is 11.3 Å². The molecule has 0 spiro atoms. The number of hydrogen-bond donors (Lipinski definition) is 2. The number of fused-ring (bicyclic) bond motifs is 1. The van der Waals surface area contributed by atoms with Crippen molar-refractivity contribution < 1.29 is 23.5 Å². The van der Waals surface area contributed by atoms with Crippen molar-refractivity contribution in [2.45, 2.75) is 57.5 Å². The number of likely N-dealkylation sites (tertiary alicyclic amines) is 1. The summed E-state index contributed by atoms with van der Waals surface area (Å²) in [4.78, 5) is 42.1. The van der Waals surface area contributed by atoms with Crippen LogP contribution in [-0.2, 0) is 22.4 Å². The van der Waals surface area contributed by atoms with E-state index in [0.717, 1.165) is 57.1 Å². The van der Waals surface area contributed by atoms with Crippen LogP contribution < -0.4 is 10.6 Å². The average molecular weight is 486 g/mol. The zero-order chi connectivity index (χ0) is 23.5. The highest BCUT2D eigenvalue weighted by atomic mass is 32.1. The number of nitrogens with zero attached hydrogens (tertiary/aromatic N) is 1. The third-order valence-electron chi connectivity index (χ3n) is 7.00. The number of ether oxygens (including phenoxy) is 1. The van der Waals surface area contributed by atoms with E-state index in [1.165, 1.54) is 28.7 Å². The smallest absolute Gasteiger partial charge is 0.257 e. The van der Waals surface area contributed by atoms with Crippen molar-refractivity contribution in [3.63, 3.8) is 0 Å². The number of piperidine rings is 1. The lowest BCUT2D eigenvalue weighted by molar-refractivity contribution is -0.121. The minimum atomic E-state index is -0.313. The number of furan rings is 1. The molecule has 1 aliphatic carbocycles. The van der Waals surface area contributed by atoms with E-state index in [9.17, 15) is 14.4 Å². The normalized spacial score (nSPS) is 22.3. The Hall–Kier alpha value is -2.65. The van der Waals surface area contributed by atoms with Crippen LogP contribution in [0.4, 0.5) is 5.00 Å². The number of rotatable bonds is 6. The van der Waals surface area contributed by atoms with Crippen LogP contribution in [0.3, 0.4) is 0 Å². The second-order valence-corrected chi connectivity index (χ2v) is 10.5. The minimum Gasteiger partial charge on any atom is -0.472 e. The molecule has 182 valence electrons. The molecule has 0 aromatic carbocycles. The summed E-state index contributed by atoms with van der Waals surface area (Å²) in [6, 6.07) is 1.64. The van der Waals surface area contributed by atoms with Gasteiger partial charge in [0.1, 0.15) is 11.3 Å². The molecule has 2 fully saturated rings. The number of anilines is 1. The van der Waals surface area contributed by atoms with Gasteiger partial charge in [-0.25, -0.2) is 0 Å². The first-order valence-corrected chi connectivity index (χ1v) is 13.1. The molecular weight excluding hydrogens is 454 g/mol. The Labute approximate surface area is 203 Å². The molecule has 3 aliphatic rings. The first-order valence-electron chi connectivity index (χ1n) is 12.3. The Morgan fingerprint density at radius 1 is 1.12 bits per heavy atom. The van der Waals surface area contributed by atoms with Crippen molar-refractivity contribution in [2.75, 3.05) is 31.6 Å². The molecule has 3 amide bonds. The van der Waals surface area contributed by atoms with Crippen LogP contribution in [0.25, 0.3) is 0 Å². The third-order valence-corrected chi connectivity index (χ3v) is 8.20. The van der Waals surface area contributed by atoms with Gasteiger partial charge in [0.15, 0.2) is 0 Å². The van der Waals surface area contributed by atoms with Gasteiger partial charge >= 0.3 is 0 Å². The molecule has 0 saturated carbocycles. The van der Waals surface area contributed by atoms with Crippen LogP contribution in [0.5, 0.6) is 0 Å². The highest BCUT2D eigenvalue weighted by molar-refractivity contribution is 7.17. The third kappa shape index (κ3) is 4.90. The maximum atomic E-state index is 13.3. The number of thiophene rings is 1. The molecule has 2 aromatic heterocycles. The van der Waals surface area contributed by atoms with Gasteiger partial charge in [-0.3, -0.25) is 14.4 Å². The Morgan fingerprint density at radius 2 is 2.00 bits per heavy atom. The molecule has 2 aromatic rings. The van der Waals surface area contributed by atoms with Crippen LogP contribution in [0.2, 0.25) is 0 Å². The Balaban J connectivity index is 1.29. The molecule has 0 bridgehead atoms. The molecule has 5 rings (SSSR count). The zero-order valence-electron chi connectivity index (χ0n) is 19.3. The molecule has 0 radical (unpaired) electrons. The van der Waals surface area contributed by atoms with E-state index < -0.39 is 0 Å². The van der Waals surface area contributed by atoms with Crippen LogP contribution in [-0.4, -0.2) is 55.0 Å². The van der Waals surface area contributed by atoms with Gasteiger partial charge in [-0.05, 0) is 63.0 Å². The predicted octanol–water partition coefficient (Wildman–Crippen LogP) is 3.62. The quantitative estimate of drug-likeness (QED) is 0.651. The molecule has 2 N–H and O–H groups in total. The van der Waals surface area contributed by atoms with Crippen LogP contribution in [0.1, 0.15) is 69.7 Å². The highest BCUT2D eigenvalue weighted by Crippen LogP contribution is 2.38. The second-order valence-electron chi connectivity index (χ2n) is 9.35. The fourth-order valence-corrected chi connectivity index (χ4v) is 6.44. The number of amides is 3. The molecule has 8 nitrogen and oxygen atoms in total. The summed E-state index contributed by atoms with van der Waals surface area (Å²) in [5.41, 5.74) is 2.20. The van der Waals surface area contributed by atoms with Crippen LogP contribution in [0.15, 0.2) is 23.0 Å². The van der Waals surface area contributed by atoms with Crippen molar-refractivity contribution in [2.24, 2.45) is 5.92 Å². The number of nitrogens with one attached hydrogen (secondary N) is 2. The monoisotopic (exact) mass is 485 g/mol. The number of hydrogen-bond acceptors (Lipinski definition) is 6. The van der Waals surface area contributed by atoms with Crippen molar-refractivity contribution in [3.8, 4) is 0 Å². The Morgan fingerprint density at radius 3 is 2.79 bits per heavy atom. The SMILES string of the molecule is O=C(NCC1CCCO1)c1c(NC(=O)C2CCCN(C(=O)c3ccoc3)C2)sc2c1CCCC2. The summed E-state index contributed by atoms with van der Waals surface area (Å²) in [7, 11) is 0. The number of aryl methyl sites for hydroxylation is 1. The lowest BCUT2D eigenvalue weighted by Gasteiger charge is -2.31. The molecule has 2 aliphatic heterocycles. The van der Waals surface area contributed by atoms with E-state index >= 15 is 0 Å². The van der Waals surface area contributed by atoms with Gasteiger partial charge in [0.25, 0.3) is 11.8 Å². The summed E-state index contributed by atoms with van der Waals surface area (Å²) in [6.45, 7) is 2.22. The minimum absolute atomic E-state index is 0.0671. The first-order chi connectivity index (χ1) is 16.6. The van der Waals surface area contributed by atoms with E-state index in [4.69, 9.17) is 9.15 Å². The van der Waals surface area contributed by atoms with Crippen molar-refractivity contribution in [1.82, 2.24) is 10.2 Å². The summed E-state index contributed by atoms with van der Waals surface area (Å²) in [6.07, 6.45) is 10.4. The number of carbonyl (C=O) groups is 3. The lowest BCUT2D eigenvalue weighted by Crippen LogP contribution is -2.43. The summed E-state index contributed by atoms with van der Waals surface area (Å²) >= 11 is 1.53. The fraction of sp³-hybridized carbons (Fsp3) is 0.560. The molecule has 34 heavy (non-hydrogen) atoms. The van der Waals surface area contributed by atoms with Crippen LogP contribution >= 0.6 is 11.3 Å². The van der Waals surface area contributed by atoms with Crippen molar-refractivity contribution in [1.29, 1.82) is 0 Å². The van der Waals surface area contributed by atoms with Crippen LogP contribution in [0, 0.1) is 5.92 Å². The largest absolute Gasteiger partial charge is 0.472 e. The first kappa shape index (κ1) is 23.1. The maximum Gasteiger partial charge on any atom is 0.257 e. The highest BCUT2D eigenvalue weighted by Gasteiger charge is 2.32. The molecule has 9 heteroatoms. The maximum absolute atomic E-state index is 13.3. The van der Waals surface area contributed by atoms with Crippen molar-refractivity contribution in [3.05, 3.63) is 40.2 Å². The molecule has 2 saturated heterocycles. The standard InChI is InChI=1S/C25H31N3O5S/c29-22(16-5-3-10-28(14-16)25(31)17-9-12-32-15-17)27-24-21(19-7-1-2-8-20(19)34-24)23(30)26-13-18-6-4-11-33-18/h9,12,15-16,18H,1-8,10-11,13-14H2,(H,26,30)(H,27,29). The predicted molar refractivity (Wildman–Crippen MR) is 128 cm³/mol. The fourth-order valence-electron chi connectivity index (χ4n) is 5.15. The van der Waals surface area contributed by atoms with Crippen molar-refractivity contribution >= 4 is 34.1 Å². The van der Waals surface area contributed by atoms with Gasteiger partial charge < -0.3 is 24.7 Å². The second kappa shape index (κ2) is 10.3. The van der Waals surface area contributed by atoms with Gasteiger partial charge in [-0.2, -0.15) is 0 Å². The summed E-state index contributed by atoms with van der Waals surface area (Å²) in [5.74, 6) is -0.694. The lowest BCUT2D eigenvalue weighted by atomic mass is 9.94. The van der Waals surface area contributed by atoms with E-state index in [1.807, 2.05) is 0 Å². The van der Waals surface area contributed by atoms with Gasteiger partial charge in [0.05, 0.1) is 29.4 Å². The zero-order valence-corrected chi connectivity index (χ0v) is 20.1. The van der Waals surface area contributed by atoms with E-state index in [0.29, 0.717) is 42.2 Å². The Kier molecular flexibility index (Phi) is 7.01. The number of carbonyl (C=O) groups excluding carboxylic acids is 3. The average Bonchev–Trinajstić information content (AvgIpc) is 3.63. The van der Waals surface area contributed by atoms with E-state index in [2.05, 4.69) is 10.6 Å². The molecule has 2 atom stereocenters. The van der Waals surface area contributed by atoms with E-state index in [1.54, 1.807) is 11.0 Å². The molecule has 2 unspecified atom stereocenters. The van der Waals surface area contributed by atoms with Gasteiger partial charge in [-0.1, -0.05) is 0 Å². The topological polar surface area (TPSA) is 101 Å².